The first-order chi connectivity index (χ1) is 15.1. The van der Waals surface area contributed by atoms with Crippen LogP contribution >= 0.6 is 11.3 Å². The summed E-state index contributed by atoms with van der Waals surface area (Å²) in [5, 5.41) is 8.29. The summed E-state index contributed by atoms with van der Waals surface area (Å²) in [4.78, 5) is 31.2. The molecule has 9 heteroatoms. The average Bonchev–Trinajstić information content (AvgIpc) is 3.47. The third-order valence-corrected chi connectivity index (χ3v) is 5.22. The summed E-state index contributed by atoms with van der Waals surface area (Å²) in [7, 11) is 1.60. The number of carbonyl (C=O) groups excluding carboxylic acids is 2. The van der Waals surface area contributed by atoms with Gasteiger partial charge in [0.2, 0.25) is 5.91 Å². The largest absolute Gasteiger partial charge is 0.495 e. The lowest BCUT2D eigenvalue weighted by molar-refractivity contribution is -0.121. The molecular weight excluding hydrogens is 416 g/mol. The number of anilines is 2. The van der Waals surface area contributed by atoms with Crippen molar-refractivity contribution in [3.8, 4) is 5.75 Å². The maximum atomic E-state index is 13.1. The van der Waals surface area contributed by atoms with Gasteiger partial charge in [0, 0.05) is 24.9 Å². The molecule has 0 aliphatic carbocycles. The van der Waals surface area contributed by atoms with Gasteiger partial charge < -0.3 is 24.7 Å². The van der Waals surface area contributed by atoms with Crippen molar-refractivity contribution in [2.75, 3.05) is 25.5 Å². The minimum absolute atomic E-state index is 0.0871. The molecule has 2 N–H and O–H groups in total. The van der Waals surface area contributed by atoms with Gasteiger partial charge in [-0.1, -0.05) is 19.1 Å². The van der Waals surface area contributed by atoms with Crippen molar-refractivity contribution in [2.24, 2.45) is 0 Å². The molecule has 2 amide bonds. The molecule has 3 rings (SSSR count). The van der Waals surface area contributed by atoms with E-state index in [1.54, 1.807) is 35.8 Å². The predicted molar refractivity (Wildman–Crippen MR) is 120 cm³/mol. The predicted octanol–water partition coefficient (Wildman–Crippen LogP) is 4.05. The molecule has 0 saturated heterocycles. The van der Waals surface area contributed by atoms with Gasteiger partial charge in [0.1, 0.15) is 17.2 Å². The molecule has 0 radical (unpaired) electrons. The standard InChI is InChI=1S/C22H26N4O4S/c1-3-11-23-20(27)10-12-26(14-16-7-6-13-30-16)21(28)18-15-31-22(25-18)24-17-8-4-5-9-19(17)29-2/h4-9,13,15H,3,10-12,14H2,1-2H3,(H,23,27)(H,24,25). The van der Waals surface area contributed by atoms with E-state index in [2.05, 4.69) is 15.6 Å². The number of hydrogen-bond donors (Lipinski definition) is 2. The number of benzene rings is 1. The lowest BCUT2D eigenvalue weighted by Crippen LogP contribution is -2.35. The van der Waals surface area contributed by atoms with Gasteiger partial charge >= 0.3 is 0 Å². The Kier molecular flexibility index (Phi) is 8.05. The van der Waals surface area contributed by atoms with Crippen LogP contribution in [0.25, 0.3) is 0 Å². The van der Waals surface area contributed by atoms with Gasteiger partial charge in [-0.15, -0.1) is 11.3 Å². The van der Waals surface area contributed by atoms with E-state index in [9.17, 15) is 9.59 Å². The van der Waals surface area contributed by atoms with Crippen LogP contribution in [0.15, 0.2) is 52.5 Å². The fourth-order valence-corrected chi connectivity index (χ4v) is 3.58. The highest BCUT2D eigenvalue weighted by Crippen LogP contribution is 2.29. The summed E-state index contributed by atoms with van der Waals surface area (Å²) in [5.41, 5.74) is 1.07. The number of nitrogens with one attached hydrogen (secondary N) is 2. The maximum absolute atomic E-state index is 13.1. The Bertz CT molecular complexity index is 987. The second-order valence-corrected chi connectivity index (χ2v) is 7.63. The molecular formula is C22H26N4O4S. The molecule has 3 aromatic rings. The second kappa shape index (κ2) is 11.2. The fraction of sp³-hybridized carbons (Fsp3) is 0.318. The lowest BCUT2D eigenvalue weighted by atomic mass is 10.3. The van der Waals surface area contributed by atoms with Crippen molar-refractivity contribution in [3.05, 3.63) is 59.5 Å². The van der Waals surface area contributed by atoms with Crippen LogP contribution in [-0.4, -0.2) is 41.9 Å². The number of amides is 2. The van der Waals surface area contributed by atoms with Crippen LogP contribution in [0, 0.1) is 0 Å². The van der Waals surface area contributed by atoms with E-state index >= 15 is 0 Å². The van der Waals surface area contributed by atoms with Crippen LogP contribution in [0.4, 0.5) is 10.8 Å². The lowest BCUT2D eigenvalue weighted by Gasteiger charge is -2.20. The Balaban J connectivity index is 1.70. The number of ether oxygens (including phenoxy) is 1. The fourth-order valence-electron chi connectivity index (χ4n) is 2.89. The number of methoxy groups -OCH3 is 1. The molecule has 0 unspecified atom stereocenters. The van der Waals surface area contributed by atoms with E-state index in [0.717, 1.165) is 12.1 Å². The normalized spacial score (nSPS) is 10.5. The number of nitrogens with zero attached hydrogens (tertiary/aromatic N) is 2. The van der Waals surface area contributed by atoms with E-state index in [-0.39, 0.29) is 31.3 Å². The van der Waals surface area contributed by atoms with Gasteiger partial charge in [-0.05, 0) is 30.7 Å². The summed E-state index contributed by atoms with van der Waals surface area (Å²) in [6.45, 7) is 3.14. The van der Waals surface area contributed by atoms with Gasteiger partial charge in [0.15, 0.2) is 5.13 Å². The van der Waals surface area contributed by atoms with E-state index in [0.29, 0.717) is 28.9 Å². The third kappa shape index (κ3) is 6.32. The van der Waals surface area contributed by atoms with Gasteiger partial charge in [0.05, 0.1) is 25.6 Å². The highest BCUT2D eigenvalue weighted by molar-refractivity contribution is 7.14. The van der Waals surface area contributed by atoms with Gasteiger partial charge in [-0.2, -0.15) is 0 Å². The molecule has 0 aliphatic heterocycles. The minimum Gasteiger partial charge on any atom is -0.495 e. The Morgan fingerprint density at radius 2 is 2.06 bits per heavy atom. The number of furan rings is 1. The highest BCUT2D eigenvalue weighted by atomic mass is 32.1. The SMILES string of the molecule is CCCNC(=O)CCN(Cc1ccco1)C(=O)c1csc(Nc2ccccc2OC)n1. The second-order valence-electron chi connectivity index (χ2n) is 6.77. The van der Waals surface area contributed by atoms with Crippen LogP contribution in [0.3, 0.4) is 0 Å². The summed E-state index contributed by atoms with van der Waals surface area (Å²) in [6.07, 6.45) is 2.63. The molecule has 0 spiro atoms. The average molecular weight is 443 g/mol. The molecule has 0 bridgehead atoms. The molecule has 0 aliphatic rings. The number of thiazole rings is 1. The number of aromatic nitrogens is 1. The summed E-state index contributed by atoms with van der Waals surface area (Å²) in [6, 6.07) is 11.1. The molecule has 164 valence electrons. The molecule has 8 nitrogen and oxygen atoms in total. The maximum Gasteiger partial charge on any atom is 0.273 e. The summed E-state index contributed by atoms with van der Waals surface area (Å²) in [5.74, 6) is 0.980. The van der Waals surface area contributed by atoms with Crippen molar-refractivity contribution in [3.63, 3.8) is 0 Å². The van der Waals surface area contributed by atoms with E-state index in [1.807, 2.05) is 31.2 Å². The van der Waals surface area contributed by atoms with Crippen LogP contribution in [0.1, 0.15) is 36.0 Å². The molecule has 31 heavy (non-hydrogen) atoms. The van der Waals surface area contributed by atoms with Crippen LogP contribution < -0.4 is 15.4 Å². The molecule has 2 heterocycles. The van der Waals surface area contributed by atoms with E-state index in [4.69, 9.17) is 9.15 Å². The van der Waals surface area contributed by atoms with E-state index < -0.39 is 0 Å². The zero-order valence-corrected chi connectivity index (χ0v) is 18.4. The number of carbonyl (C=O) groups is 2. The zero-order chi connectivity index (χ0) is 22.1. The Hall–Kier alpha value is -3.33. The first-order valence-corrected chi connectivity index (χ1v) is 10.9. The van der Waals surface area contributed by atoms with Crippen LogP contribution in [0.5, 0.6) is 5.75 Å². The third-order valence-electron chi connectivity index (χ3n) is 4.47. The number of para-hydroxylation sites is 2. The topological polar surface area (TPSA) is 96.7 Å². The molecule has 0 atom stereocenters. The first-order valence-electron chi connectivity index (χ1n) is 10.0. The molecule has 2 aromatic heterocycles. The quantitative estimate of drug-likeness (QED) is 0.465. The van der Waals surface area contributed by atoms with Crippen LogP contribution in [0.2, 0.25) is 0 Å². The number of rotatable bonds is 11. The summed E-state index contributed by atoms with van der Waals surface area (Å²) >= 11 is 1.32. The van der Waals surface area contributed by atoms with E-state index in [1.165, 1.54) is 11.3 Å². The van der Waals surface area contributed by atoms with Crippen molar-refractivity contribution < 1.29 is 18.7 Å². The number of hydrogen-bond acceptors (Lipinski definition) is 7. The van der Waals surface area contributed by atoms with Crippen LogP contribution in [-0.2, 0) is 11.3 Å². The van der Waals surface area contributed by atoms with Crippen molar-refractivity contribution in [1.82, 2.24) is 15.2 Å². The van der Waals surface area contributed by atoms with Crippen molar-refractivity contribution in [2.45, 2.75) is 26.3 Å². The zero-order valence-electron chi connectivity index (χ0n) is 17.6. The Morgan fingerprint density at radius 1 is 1.23 bits per heavy atom. The van der Waals surface area contributed by atoms with Gasteiger partial charge in [-0.25, -0.2) is 4.98 Å². The van der Waals surface area contributed by atoms with Crippen molar-refractivity contribution in [1.29, 1.82) is 0 Å². The summed E-state index contributed by atoms with van der Waals surface area (Å²) < 4.78 is 10.7. The Morgan fingerprint density at radius 3 is 2.81 bits per heavy atom. The molecule has 1 aromatic carbocycles. The minimum atomic E-state index is -0.260. The first kappa shape index (κ1) is 22.4. The van der Waals surface area contributed by atoms with Gasteiger partial charge in [-0.3, -0.25) is 9.59 Å². The van der Waals surface area contributed by atoms with Crippen molar-refractivity contribution >= 4 is 34.0 Å². The smallest absolute Gasteiger partial charge is 0.273 e. The van der Waals surface area contributed by atoms with Gasteiger partial charge in [0.25, 0.3) is 5.91 Å². The highest BCUT2D eigenvalue weighted by Gasteiger charge is 2.21. The monoisotopic (exact) mass is 442 g/mol. The Labute approximate surface area is 185 Å². The molecule has 0 fully saturated rings. The molecule has 0 saturated carbocycles.